The molecule has 1 aliphatic heterocycles. The average Bonchev–Trinajstić information content (AvgIpc) is 2.75. The number of methoxy groups -OCH3 is 2. The summed E-state index contributed by atoms with van der Waals surface area (Å²) < 4.78 is 24.5. The molecule has 1 aliphatic rings. The first-order valence-electron chi connectivity index (χ1n) is 10.2. The zero-order valence-electron chi connectivity index (χ0n) is 17.4. The Labute approximate surface area is 182 Å². The maximum Gasteiger partial charge on any atom is 0.238 e. The fourth-order valence-electron chi connectivity index (χ4n) is 3.80. The molecule has 7 heteroatoms. The minimum atomic E-state index is -0.524. The van der Waals surface area contributed by atoms with Crippen LogP contribution in [0.1, 0.15) is 24.8 Å². The predicted octanol–water partition coefficient (Wildman–Crippen LogP) is 4.78. The van der Waals surface area contributed by atoms with Crippen LogP contribution >= 0.6 is 11.6 Å². The van der Waals surface area contributed by atoms with Crippen LogP contribution < -0.4 is 14.8 Å². The number of ether oxygens (including phenoxy) is 2. The number of hydrogen-bond acceptors (Lipinski definition) is 4. The van der Waals surface area contributed by atoms with Crippen molar-refractivity contribution in [1.82, 2.24) is 4.90 Å². The first-order chi connectivity index (χ1) is 14.5. The molecule has 30 heavy (non-hydrogen) atoms. The number of likely N-dealkylation sites (tertiary alicyclic amines) is 1. The Bertz CT molecular complexity index is 847. The summed E-state index contributed by atoms with van der Waals surface area (Å²) in [5.41, 5.74) is 1.37. The number of anilines is 1. The van der Waals surface area contributed by atoms with E-state index in [1.54, 1.807) is 20.3 Å². The summed E-state index contributed by atoms with van der Waals surface area (Å²) in [6.07, 6.45) is 4.15. The van der Waals surface area contributed by atoms with Crippen LogP contribution in [0.2, 0.25) is 5.02 Å². The minimum Gasteiger partial charge on any atom is -0.497 e. The van der Waals surface area contributed by atoms with Crippen molar-refractivity contribution in [2.45, 2.75) is 25.7 Å². The van der Waals surface area contributed by atoms with Crippen molar-refractivity contribution in [3.63, 3.8) is 0 Å². The molecule has 0 aromatic heterocycles. The van der Waals surface area contributed by atoms with Gasteiger partial charge in [0.25, 0.3) is 0 Å². The second-order valence-corrected chi connectivity index (χ2v) is 8.09. The van der Waals surface area contributed by atoms with Gasteiger partial charge in [0.15, 0.2) is 0 Å². The first kappa shape index (κ1) is 22.4. The molecular weight excluding hydrogens is 407 g/mol. The number of rotatable bonds is 8. The highest BCUT2D eigenvalue weighted by molar-refractivity contribution is 6.30. The summed E-state index contributed by atoms with van der Waals surface area (Å²) >= 11 is 5.74. The largest absolute Gasteiger partial charge is 0.497 e. The second-order valence-electron chi connectivity index (χ2n) is 7.65. The topological polar surface area (TPSA) is 50.8 Å². The number of aryl methyl sites for hydroxylation is 1. The molecule has 162 valence electrons. The van der Waals surface area contributed by atoms with Gasteiger partial charge < -0.3 is 14.8 Å². The third kappa shape index (κ3) is 6.34. The molecule has 2 aromatic rings. The molecule has 0 atom stereocenters. The Balaban J connectivity index is 1.43. The van der Waals surface area contributed by atoms with Gasteiger partial charge in [0.1, 0.15) is 17.3 Å². The number of carbonyl (C=O) groups is 1. The quantitative estimate of drug-likeness (QED) is 0.649. The van der Waals surface area contributed by atoms with Crippen LogP contribution in [0.4, 0.5) is 10.1 Å². The van der Waals surface area contributed by atoms with Crippen molar-refractivity contribution < 1.29 is 18.7 Å². The van der Waals surface area contributed by atoms with Gasteiger partial charge in [-0.1, -0.05) is 11.6 Å². The number of amides is 1. The fraction of sp³-hybridized carbons (Fsp3) is 0.435. The lowest BCUT2D eigenvalue weighted by Crippen LogP contribution is -2.39. The molecule has 1 fully saturated rings. The van der Waals surface area contributed by atoms with E-state index in [-0.39, 0.29) is 18.1 Å². The van der Waals surface area contributed by atoms with E-state index in [9.17, 15) is 9.18 Å². The Kier molecular flexibility index (Phi) is 7.94. The fourth-order valence-corrected chi connectivity index (χ4v) is 3.96. The Morgan fingerprint density at radius 3 is 2.40 bits per heavy atom. The van der Waals surface area contributed by atoms with Crippen molar-refractivity contribution in [2.24, 2.45) is 5.92 Å². The van der Waals surface area contributed by atoms with Gasteiger partial charge in [-0.25, -0.2) is 4.39 Å². The van der Waals surface area contributed by atoms with E-state index < -0.39 is 5.82 Å². The smallest absolute Gasteiger partial charge is 0.238 e. The lowest BCUT2D eigenvalue weighted by molar-refractivity contribution is -0.117. The van der Waals surface area contributed by atoms with Crippen LogP contribution in [-0.2, 0) is 11.2 Å². The van der Waals surface area contributed by atoms with Gasteiger partial charge in [-0.3, -0.25) is 9.69 Å². The number of nitrogens with one attached hydrogen (secondary N) is 1. The molecule has 0 saturated carbocycles. The minimum absolute atomic E-state index is 0.160. The molecule has 1 N–H and O–H groups in total. The van der Waals surface area contributed by atoms with Crippen LogP contribution in [0, 0.1) is 11.7 Å². The van der Waals surface area contributed by atoms with E-state index in [1.807, 2.05) is 6.07 Å². The van der Waals surface area contributed by atoms with E-state index in [2.05, 4.69) is 22.3 Å². The molecule has 3 rings (SSSR count). The van der Waals surface area contributed by atoms with Gasteiger partial charge in [0.05, 0.1) is 26.5 Å². The Morgan fingerprint density at radius 2 is 1.80 bits per heavy atom. The summed E-state index contributed by atoms with van der Waals surface area (Å²) in [6, 6.07) is 10.2. The maximum atomic E-state index is 13.8. The number of nitrogens with zero attached hydrogens (tertiary/aromatic N) is 1. The van der Waals surface area contributed by atoms with Gasteiger partial charge in [-0.15, -0.1) is 0 Å². The third-order valence-electron chi connectivity index (χ3n) is 5.53. The summed E-state index contributed by atoms with van der Waals surface area (Å²) in [5.74, 6) is 1.50. The van der Waals surface area contributed by atoms with Gasteiger partial charge in [0, 0.05) is 11.1 Å². The lowest BCUT2D eigenvalue weighted by Gasteiger charge is -2.31. The van der Waals surface area contributed by atoms with Gasteiger partial charge in [-0.05, 0) is 80.6 Å². The van der Waals surface area contributed by atoms with E-state index >= 15 is 0 Å². The van der Waals surface area contributed by atoms with Crippen molar-refractivity contribution in [2.75, 3.05) is 39.2 Å². The first-order valence-corrected chi connectivity index (χ1v) is 10.5. The molecule has 1 amide bonds. The van der Waals surface area contributed by atoms with E-state index in [4.69, 9.17) is 21.1 Å². The highest BCUT2D eigenvalue weighted by atomic mass is 35.5. The number of benzene rings is 2. The molecule has 0 radical (unpaired) electrons. The van der Waals surface area contributed by atoms with Crippen LogP contribution in [0.5, 0.6) is 11.5 Å². The number of halogens is 2. The van der Waals surface area contributed by atoms with Crippen LogP contribution in [0.15, 0.2) is 36.4 Å². The number of hydrogen-bond donors (Lipinski definition) is 1. The highest BCUT2D eigenvalue weighted by Crippen LogP contribution is 2.27. The molecule has 1 heterocycles. The standard InChI is InChI=1S/C23H28ClFN2O3/c1-29-19-11-17(12-20(14-19)30-2)4-3-16-7-9-27(10-8-16)15-23(28)26-22-6-5-18(24)13-21(22)25/h5-6,11-14,16H,3-4,7-10,15H2,1-2H3,(H,26,28). The van der Waals surface area contributed by atoms with Crippen LogP contribution in [-0.4, -0.2) is 44.7 Å². The average molecular weight is 435 g/mol. The van der Waals surface area contributed by atoms with Crippen LogP contribution in [0.25, 0.3) is 0 Å². The zero-order chi connectivity index (χ0) is 21.5. The summed E-state index contributed by atoms with van der Waals surface area (Å²) in [7, 11) is 3.32. The van der Waals surface area contributed by atoms with E-state index in [0.29, 0.717) is 10.9 Å². The molecule has 5 nitrogen and oxygen atoms in total. The molecular formula is C23H28ClFN2O3. The lowest BCUT2D eigenvalue weighted by atomic mass is 9.90. The number of piperidine rings is 1. The maximum absolute atomic E-state index is 13.8. The molecule has 1 saturated heterocycles. The third-order valence-corrected chi connectivity index (χ3v) is 5.77. The van der Waals surface area contributed by atoms with Crippen molar-refractivity contribution in [1.29, 1.82) is 0 Å². The summed E-state index contributed by atoms with van der Waals surface area (Å²) in [6.45, 7) is 1.99. The molecule has 0 aliphatic carbocycles. The van der Waals surface area contributed by atoms with Gasteiger partial charge in [0.2, 0.25) is 5.91 Å². The zero-order valence-corrected chi connectivity index (χ0v) is 18.2. The van der Waals surface area contributed by atoms with Crippen molar-refractivity contribution in [3.05, 3.63) is 52.8 Å². The molecule has 0 bridgehead atoms. The van der Waals surface area contributed by atoms with Gasteiger partial charge in [-0.2, -0.15) is 0 Å². The van der Waals surface area contributed by atoms with Crippen LogP contribution in [0.3, 0.4) is 0 Å². The highest BCUT2D eigenvalue weighted by Gasteiger charge is 2.21. The molecule has 2 aromatic carbocycles. The predicted molar refractivity (Wildman–Crippen MR) is 117 cm³/mol. The number of carbonyl (C=O) groups excluding carboxylic acids is 1. The monoisotopic (exact) mass is 434 g/mol. The Morgan fingerprint density at radius 1 is 1.13 bits per heavy atom. The van der Waals surface area contributed by atoms with E-state index in [1.165, 1.54) is 17.7 Å². The molecule has 0 unspecified atom stereocenters. The SMILES string of the molecule is COc1cc(CCC2CCN(CC(=O)Nc3ccc(Cl)cc3F)CC2)cc(OC)c1. The van der Waals surface area contributed by atoms with Gasteiger partial charge >= 0.3 is 0 Å². The molecule has 0 spiro atoms. The second kappa shape index (κ2) is 10.6. The Hall–Kier alpha value is -2.31. The van der Waals surface area contributed by atoms with Crippen molar-refractivity contribution >= 4 is 23.2 Å². The summed E-state index contributed by atoms with van der Waals surface area (Å²) in [4.78, 5) is 14.4. The summed E-state index contributed by atoms with van der Waals surface area (Å²) in [5, 5.41) is 2.93. The van der Waals surface area contributed by atoms with Crippen molar-refractivity contribution in [3.8, 4) is 11.5 Å². The van der Waals surface area contributed by atoms with E-state index in [0.717, 1.165) is 50.3 Å². The normalized spacial score (nSPS) is 15.1.